The van der Waals surface area contributed by atoms with Crippen LogP contribution in [-0.4, -0.2) is 46.4 Å². The van der Waals surface area contributed by atoms with Crippen molar-refractivity contribution in [3.8, 4) is 34.3 Å². The molecule has 2 aromatic carbocycles. The first-order chi connectivity index (χ1) is 12.7. The smallest absolute Gasteiger partial charge is 0.258 e. The zero-order valence-corrected chi connectivity index (χ0v) is 14.6. The summed E-state index contributed by atoms with van der Waals surface area (Å²) in [4.78, 5) is 6.73. The molecule has 3 aromatic rings. The number of nitrogens with zero attached hydrogens (tertiary/aromatic N) is 3. The summed E-state index contributed by atoms with van der Waals surface area (Å²) in [6, 6.07) is 14.4. The molecule has 0 amide bonds. The van der Waals surface area contributed by atoms with Crippen molar-refractivity contribution >= 4 is 0 Å². The Kier molecular flexibility index (Phi) is 4.58. The van der Waals surface area contributed by atoms with Crippen LogP contribution in [0.3, 0.4) is 0 Å². The van der Waals surface area contributed by atoms with E-state index in [1.807, 2.05) is 24.3 Å². The molecular formula is C20H21N3O3. The SMILES string of the molecule is CN1CCCC(Oc2ccc(-c3noc(-c4ccc(O)cc4)n3)cc2)C1. The summed E-state index contributed by atoms with van der Waals surface area (Å²) < 4.78 is 11.4. The third kappa shape index (κ3) is 3.70. The van der Waals surface area contributed by atoms with Crippen LogP contribution in [0.5, 0.6) is 11.5 Å². The van der Waals surface area contributed by atoms with Gasteiger partial charge in [-0.15, -0.1) is 0 Å². The lowest BCUT2D eigenvalue weighted by atomic mass is 10.1. The van der Waals surface area contributed by atoms with E-state index in [4.69, 9.17) is 9.26 Å². The summed E-state index contributed by atoms with van der Waals surface area (Å²) in [5, 5.41) is 13.4. The monoisotopic (exact) mass is 351 g/mol. The lowest BCUT2D eigenvalue weighted by Gasteiger charge is -2.30. The van der Waals surface area contributed by atoms with Crippen molar-refractivity contribution in [3.63, 3.8) is 0 Å². The molecule has 1 aromatic heterocycles. The summed E-state index contributed by atoms with van der Waals surface area (Å²) in [6.45, 7) is 2.10. The predicted molar refractivity (Wildman–Crippen MR) is 98.0 cm³/mol. The number of rotatable bonds is 4. The van der Waals surface area contributed by atoms with Gasteiger partial charge in [0, 0.05) is 17.7 Å². The molecule has 134 valence electrons. The molecule has 1 fully saturated rings. The van der Waals surface area contributed by atoms with Crippen LogP contribution in [0.1, 0.15) is 12.8 Å². The van der Waals surface area contributed by atoms with Crippen molar-refractivity contribution in [2.75, 3.05) is 20.1 Å². The van der Waals surface area contributed by atoms with Gasteiger partial charge in [-0.1, -0.05) is 5.16 Å². The Balaban J connectivity index is 1.46. The number of hydrogen-bond acceptors (Lipinski definition) is 6. The first kappa shape index (κ1) is 16.6. The molecule has 1 aliphatic heterocycles. The maximum atomic E-state index is 9.36. The number of hydrogen-bond donors (Lipinski definition) is 1. The second kappa shape index (κ2) is 7.17. The maximum Gasteiger partial charge on any atom is 0.258 e. The van der Waals surface area contributed by atoms with Crippen LogP contribution in [0.15, 0.2) is 53.1 Å². The van der Waals surface area contributed by atoms with E-state index < -0.39 is 0 Å². The van der Waals surface area contributed by atoms with Crippen LogP contribution in [-0.2, 0) is 0 Å². The fraction of sp³-hybridized carbons (Fsp3) is 0.300. The highest BCUT2D eigenvalue weighted by Gasteiger charge is 2.18. The Bertz CT molecular complexity index is 859. The quantitative estimate of drug-likeness (QED) is 0.775. The van der Waals surface area contributed by atoms with Gasteiger partial charge in [-0.3, -0.25) is 0 Å². The second-order valence-corrected chi connectivity index (χ2v) is 6.64. The van der Waals surface area contributed by atoms with Crippen molar-refractivity contribution in [1.82, 2.24) is 15.0 Å². The van der Waals surface area contributed by atoms with Crippen molar-refractivity contribution in [2.24, 2.45) is 0 Å². The van der Waals surface area contributed by atoms with Crippen LogP contribution in [0.4, 0.5) is 0 Å². The lowest BCUT2D eigenvalue weighted by Crippen LogP contribution is -2.38. The molecule has 0 aliphatic carbocycles. The van der Waals surface area contributed by atoms with Gasteiger partial charge in [-0.05, 0) is 75.0 Å². The Hall–Kier alpha value is -2.86. The Morgan fingerprint density at radius 2 is 1.81 bits per heavy atom. The molecule has 0 bridgehead atoms. The molecule has 26 heavy (non-hydrogen) atoms. The van der Waals surface area contributed by atoms with E-state index in [1.165, 1.54) is 6.42 Å². The largest absolute Gasteiger partial charge is 0.508 e. The molecule has 0 spiro atoms. The standard InChI is InChI=1S/C20H21N3O3/c1-23-12-2-3-18(13-23)25-17-10-6-14(7-11-17)19-21-20(26-22-19)15-4-8-16(24)9-5-15/h4-11,18,24H,2-3,12-13H2,1H3. The number of benzene rings is 2. The van der Waals surface area contributed by atoms with Gasteiger partial charge >= 0.3 is 0 Å². The van der Waals surface area contributed by atoms with E-state index in [2.05, 4.69) is 22.1 Å². The minimum absolute atomic E-state index is 0.202. The zero-order chi connectivity index (χ0) is 17.9. The van der Waals surface area contributed by atoms with Crippen LogP contribution < -0.4 is 4.74 Å². The molecule has 1 N–H and O–H groups in total. The van der Waals surface area contributed by atoms with Crippen molar-refractivity contribution in [2.45, 2.75) is 18.9 Å². The molecule has 4 rings (SSSR count). The average molecular weight is 351 g/mol. The van der Waals surface area contributed by atoms with Gasteiger partial charge in [0.25, 0.3) is 5.89 Å². The normalized spacial score (nSPS) is 18.0. The molecule has 1 aliphatic rings. The zero-order valence-electron chi connectivity index (χ0n) is 14.6. The number of piperidine rings is 1. The number of ether oxygens (including phenoxy) is 1. The Labute approximate surface area is 152 Å². The Morgan fingerprint density at radius 3 is 2.54 bits per heavy atom. The Morgan fingerprint density at radius 1 is 1.08 bits per heavy atom. The van der Waals surface area contributed by atoms with Crippen molar-refractivity contribution in [1.29, 1.82) is 0 Å². The first-order valence-electron chi connectivity index (χ1n) is 8.76. The average Bonchev–Trinajstić information content (AvgIpc) is 3.13. The third-order valence-corrected chi connectivity index (χ3v) is 4.54. The summed E-state index contributed by atoms with van der Waals surface area (Å²) in [5.41, 5.74) is 1.63. The van der Waals surface area contributed by atoms with Crippen molar-refractivity contribution in [3.05, 3.63) is 48.5 Å². The first-order valence-corrected chi connectivity index (χ1v) is 8.76. The highest BCUT2D eigenvalue weighted by molar-refractivity contribution is 5.60. The minimum Gasteiger partial charge on any atom is -0.508 e. The molecule has 2 heterocycles. The highest BCUT2D eigenvalue weighted by atomic mass is 16.5. The number of likely N-dealkylation sites (N-methyl/N-ethyl adjacent to an activating group) is 1. The highest BCUT2D eigenvalue weighted by Crippen LogP contribution is 2.26. The van der Waals surface area contributed by atoms with E-state index in [0.29, 0.717) is 11.7 Å². The lowest BCUT2D eigenvalue weighted by molar-refractivity contribution is 0.104. The fourth-order valence-corrected chi connectivity index (χ4v) is 3.15. The third-order valence-electron chi connectivity index (χ3n) is 4.54. The van der Waals surface area contributed by atoms with Crippen LogP contribution >= 0.6 is 0 Å². The second-order valence-electron chi connectivity index (χ2n) is 6.64. The van der Waals surface area contributed by atoms with E-state index in [0.717, 1.165) is 36.4 Å². The summed E-state index contributed by atoms with van der Waals surface area (Å²) >= 11 is 0. The molecule has 0 saturated carbocycles. The number of aromatic nitrogens is 2. The maximum absolute atomic E-state index is 9.36. The molecule has 6 nitrogen and oxygen atoms in total. The summed E-state index contributed by atoms with van der Waals surface area (Å²) in [5.74, 6) is 2.01. The van der Waals surface area contributed by atoms with Crippen LogP contribution in [0, 0.1) is 0 Å². The molecule has 1 unspecified atom stereocenters. The van der Waals surface area contributed by atoms with E-state index >= 15 is 0 Å². The van der Waals surface area contributed by atoms with Crippen LogP contribution in [0.2, 0.25) is 0 Å². The number of likely N-dealkylation sites (tertiary alicyclic amines) is 1. The fourth-order valence-electron chi connectivity index (χ4n) is 3.15. The van der Waals surface area contributed by atoms with E-state index in [-0.39, 0.29) is 11.9 Å². The summed E-state index contributed by atoms with van der Waals surface area (Å²) in [6.07, 6.45) is 2.50. The minimum atomic E-state index is 0.202. The van der Waals surface area contributed by atoms with E-state index in [1.54, 1.807) is 24.3 Å². The number of phenols is 1. The molecule has 0 radical (unpaired) electrons. The van der Waals surface area contributed by atoms with Crippen molar-refractivity contribution < 1.29 is 14.4 Å². The van der Waals surface area contributed by atoms with Gasteiger partial charge in [0.2, 0.25) is 5.82 Å². The molecule has 6 heteroatoms. The molecule has 1 saturated heterocycles. The van der Waals surface area contributed by atoms with Gasteiger partial charge < -0.3 is 19.3 Å². The topological polar surface area (TPSA) is 71.6 Å². The van der Waals surface area contributed by atoms with Gasteiger partial charge in [-0.25, -0.2) is 0 Å². The van der Waals surface area contributed by atoms with Crippen LogP contribution in [0.25, 0.3) is 22.8 Å². The molecule has 1 atom stereocenters. The predicted octanol–water partition coefficient (Wildman–Crippen LogP) is 3.58. The summed E-state index contributed by atoms with van der Waals surface area (Å²) in [7, 11) is 2.13. The van der Waals surface area contributed by atoms with Gasteiger partial charge in [-0.2, -0.15) is 4.98 Å². The number of phenolic OH excluding ortho intramolecular Hbond substituents is 1. The number of aromatic hydroxyl groups is 1. The van der Waals surface area contributed by atoms with Gasteiger partial charge in [0.1, 0.15) is 17.6 Å². The molecular weight excluding hydrogens is 330 g/mol. The van der Waals surface area contributed by atoms with E-state index in [9.17, 15) is 5.11 Å². The van der Waals surface area contributed by atoms with Gasteiger partial charge in [0.15, 0.2) is 0 Å². The van der Waals surface area contributed by atoms with Gasteiger partial charge in [0.05, 0.1) is 0 Å².